The summed E-state index contributed by atoms with van der Waals surface area (Å²) in [6, 6.07) is 10.1. The van der Waals surface area contributed by atoms with Gasteiger partial charge in [0.15, 0.2) is 0 Å². The van der Waals surface area contributed by atoms with Crippen molar-refractivity contribution in [2.45, 2.75) is 176 Å². The van der Waals surface area contributed by atoms with Gasteiger partial charge in [0, 0.05) is 5.92 Å². The molecule has 0 aliphatic heterocycles. The Morgan fingerprint density at radius 1 is 0.436 bits per heavy atom. The minimum Gasteiger partial charge on any atom is -0.0645 e. The maximum absolute atomic E-state index is 2.64. The molecule has 0 bridgehead atoms. The lowest BCUT2D eigenvalue weighted by atomic mass is 9.61. The predicted molar refractivity (Wildman–Crippen MR) is 177 cm³/mol. The Hall–Kier alpha value is -1.56. The molecule has 0 aromatic heterocycles. The SMILES string of the molecule is CCC(c1ccc(C(C)(C)C)c(C(C)(C)C)c1)c1cc(C(C)(C)C)c(C(C)(C)C)c(C(C)(C)C)c1C(C)(C)C. The summed E-state index contributed by atoms with van der Waals surface area (Å²) >= 11 is 0. The van der Waals surface area contributed by atoms with Crippen LogP contribution >= 0.6 is 0 Å². The van der Waals surface area contributed by atoms with E-state index in [0.29, 0.717) is 5.92 Å². The zero-order chi connectivity index (χ0) is 30.7. The van der Waals surface area contributed by atoms with E-state index >= 15 is 0 Å². The molecule has 0 nitrogen and oxygen atoms in total. The highest BCUT2D eigenvalue weighted by molar-refractivity contribution is 5.59. The highest BCUT2D eigenvalue weighted by atomic mass is 14.4. The van der Waals surface area contributed by atoms with E-state index in [1.807, 2.05) is 0 Å². The summed E-state index contributed by atoms with van der Waals surface area (Å²) in [6.07, 6.45) is 1.09. The van der Waals surface area contributed by atoms with Crippen LogP contribution in [0.25, 0.3) is 0 Å². The largest absolute Gasteiger partial charge is 0.0645 e. The van der Waals surface area contributed by atoms with Gasteiger partial charge in [-0.3, -0.25) is 0 Å². The van der Waals surface area contributed by atoms with Crippen molar-refractivity contribution in [1.82, 2.24) is 0 Å². The molecule has 1 unspecified atom stereocenters. The minimum absolute atomic E-state index is 0.0278. The normalized spacial score (nSPS) is 15.1. The number of hydrogen-bond donors (Lipinski definition) is 0. The van der Waals surface area contributed by atoms with Crippen molar-refractivity contribution in [2.75, 3.05) is 0 Å². The Morgan fingerprint density at radius 3 is 1.18 bits per heavy atom. The third-order valence-electron chi connectivity index (χ3n) is 8.26. The van der Waals surface area contributed by atoms with Gasteiger partial charge in [-0.05, 0) is 83.4 Å². The average molecular weight is 533 g/mol. The number of benzene rings is 2. The summed E-state index contributed by atoms with van der Waals surface area (Å²) in [4.78, 5) is 0. The van der Waals surface area contributed by atoms with Gasteiger partial charge in [0.05, 0.1) is 0 Å². The fourth-order valence-corrected chi connectivity index (χ4v) is 6.60. The lowest BCUT2D eigenvalue weighted by Crippen LogP contribution is -2.34. The molecule has 0 amide bonds. The van der Waals surface area contributed by atoms with Gasteiger partial charge in [0.25, 0.3) is 0 Å². The fourth-order valence-electron chi connectivity index (χ4n) is 6.60. The summed E-state index contributed by atoms with van der Waals surface area (Å²) in [7, 11) is 0. The van der Waals surface area contributed by atoms with Crippen molar-refractivity contribution in [1.29, 1.82) is 0 Å². The monoisotopic (exact) mass is 533 g/mol. The highest BCUT2D eigenvalue weighted by Gasteiger charge is 2.39. The van der Waals surface area contributed by atoms with Crippen molar-refractivity contribution in [3.05, 3.63) is 68.8 Å². The van der Waals surface area contributed by atoms with Gasteiger partial charge >= 0.3 is 0 Å². The van der Waals surface area contributed by atoms with Crippen molar-refractivity contribution in [3.63, 3.8) is 0 Å². The first-order valence-electron chi connectivity index (χ1n) is 15.5. The van der Waals surface area contributed by atoms with Gasteiger partial charge in [-0.2, -0.15) is 0 Å². The van der Waals surface area contributed by atoms with Crippen LogP contribution in [-0.2, 0) is 32.5 Å². The summed E-state index contributed by atoms with van der Waals surface area (Å²) < 4.78 is 0. The second-order valence-electron chi connectivity index (χ2n) is 18.4. The van der Waals surface area contributed by atoms with Crippen LogP contribution in [0.4, 0.5) is 0 Å². The second kappa shape index (κ2) is 10.4. The third-order valence-corrected chi connectivity index (χ3v) is 8.26. The van der Waals surface area contributed by atoms with Gasteiger partial charge < -0.3 is 0 Å². The Balaban J connectivity index is 3.20. The molecular weight excluding hydrogens is 468 g/mol. The van der Waals surface area contributed by atoms with E-state index in [-0.39, 0.29) is 32.5 Å². The molecule has 0 saturated heterocycles. The van der Waals surface area contributed by atoms with Crippen molar-refractivity contribution < 1.29 is 0 Å². The fraction of sp³-hybridized carbons (Fsp3) is 0.692. The molecule has 0 saturated carbocycles. The first-order valence-corrected chi connectivity index (χ1v) is 15.5. The molecule has 0 fully saturated rings. The molecule has 0 N–H and O–H groups in total. The van der Waals surface area contributed by atoms with Gasteiger partial charge in [-0.25, -0.2) is 0 Å². The Morgan fingerprint density at radius 2 is 0.846 bits per heavy atom. The Bertz CT molecular complexity index is 1160. The van der Waals surface area contributed by atoms with Crippen LogP contribution < -0.4 is 0 Å². The van der Waals surface area contributed by atoms with E-state index in [0.717, 1.165) is 6.42 Å². The molecule has 39 heavy (non-hydrogen) atoms. The predicted octanol–water partition coefficient (Wildman–Crippen LogP) is 12.0. The smallest absolute Gasteiger partial charge is 0.00899 e. The quantitative estimate of drug-likeness (QED) is 0.369. The van der Waals surface area contributed by atoms with Crippen molar-refractivity contribution >= 4 is 0 Å². The molecule has 2 aromatic rings. The van der Waals surface area contributed by atoms with E-state index in [1.165, 1.54) is 27.8 Å². The van der Waals surface area contributed by atoms with E-state index in [2.05, 4.69) is 156 Å². The summed E-state index contributed by atoms with van der Waals surface area (Å²) in [6.45, 7) is 45.6. The van der Waals surface area contributed by atoms with Crippen LogP contribution in [0.5, 0.6) is 0 Å². The molecule has 220 valence electrons. The highest BCUT2D eigenvalue weighted by Crippen LogP contribution is 2.50. The maximum atomic E-state index is 2.64. The van der Waals surface area contributed by atoms with Crippen LogP contribution in [0.15, 0.2) is 24.3 Å². The summed E-state index contributed by atoms with van der Waals surface area (Å²) in [5, 5.41) is 0. The van der Waals surface area contributed by atoms with E-state index < -0.39 is 0 Å². The van der Waals surface area contributed by atoms with Crippen LogP contribution in [-0.4, -0.2) is 0 Å². The van der Waals surface area contributed by atoms with Crippen LogP contribution in [0, 0.1) is 0 Å². The molecule has 0 spiro atoms. The first kappa shape index (κ1) is 33.6. The van der Waals surface area contributed by atoms with Gasteiger partial charge in [0.2, 0.25) is 0 Å². The molecule has 0 aliphatic carbocycles. The zero-order valence-corrected chi connectivity index (χ0v) is 29.6. The van der Waals surface area contributed by atoms with E-state index in [4.69, 9.17) is 0 Å². The van der Waals surface area contributed by atoms with E-state index in [9.17, 15) is 0 Å². The zero-order valence-electron chi connectivity index (χ0n) is 29.6. The molecule has 2 rings (SSSR count). The second-order valence-corrected chi connectivity index (χ2v) is 18.4. The summed E-state index contributed by atoms with van der Waals surface area (Å²) in [5.41, 5.74) is 12.6. The summed E-state index contributed by atoms with van der Waals surface area (Å²) in [5.74, 6) is 0.352. The van der Waals surface area contributed by atoms with Crippen molar-refractivity contribution in [2.24, 2.45) is 0 Å². The molecule has 1 atom stereocenters. The first-order chi connectivity index (χ1) is 17.1. The Kier molecular flexibility index (Phi) is 8.94. The molecule has 2 aromatic carbocycles. The van der Waals surface area contributed by atoms with Crippen LogP contribution in [0.1, 0.15) is 188 Å². The van der Waals surface area contributed by atoms with Crippen LogP contribution in [0.2, 0.25) is 0 Å². The lowest BCUT2D eigenvalue weighted by molar-refractivity contribution is 0.471. The van der Waals surface area contributed by atoms with Gasteiger partial charge in [-0.15, -0.1) is 0 Å². The van der Waals surface area contributed by atoms with Gasteiger partial charge in [-0.1, -0.05) is 156 Å². The molecule has 0 heteroatoms. The molecule has 0 heterocycles. The number of rotatable bonds is 3. The maximum Gasteiger partial charge on any atom is 0.00899 e. The average Bonchev–Trinajstić information content (AvgIpc) is 2.69. The Labute approximate surface area is 244 Å². The lowest BCUT2D eigenvalue weighted by Gasteiger charge is -2.43. The van der Waals surface area contributed by atoms with Gasteiger partial charge in [0.1, 0.15) is 0 Å². The minimum atomic E-state index is 0.0278. The molecular formula is C39H64. The standard InChI is InChI=1S/C39H64/c1-20-26(25-21-22-28(34(2,3)4)29(23-25)35(5,6)7)27-24-30(36(8,9)10)32(38(14,15)16)33(39(17,18)19)31(27)37(11,12)13/h21-24,26H,20H2,1-19H3. The topological polar surface area (TPSA) is 0 Å². The molecule has 0 aliphatic rings. The van der Waals surface area contributed by atoms with Crippen molar-refractivity contribution in [3.8, 4) is 0 Å². The van der Waals surface area contributed by atoms with E-state index in [1.54, 1.807) is 16.7 Å². The molecule has 0 radical (unpaired) electrons. The number of hydrogen-bond acceptors (Lipinski definition) is 0. The van der Waals surface area contributed by atoms with Crippen LogP contribution in [0.3, 0.4) is 0 Å². The third kappa shape index (κ3) is 7.21.